The summed E-state index contributed by atoms with van der Waals surface area (Å²) in [6.45, 7) is 0. The molecule has 0 bridgehead atoms. The Morgan fingerprint density at radius 2 is 1.79 bits per heavy atom. The molecule has 3 N–H and O–H groups in total. The molecule has 8 heteroatoms. The molecule has 1 amide bonds. The lowest BCUT2D eigenvalue weighted by Gasteiger charge is -2.07. The molecule has 0 unspecified atom stereocenters. The molecule has 0 saturated carbocycles. The second kappa shape index (κ2) is 8.32. The van der Waals surface area contributed by atoms with Gasteiger partial charge in [-0.05, 0) is 34.5 Å². The standard InChI is InChI=1S/C21H18FN5OS/c22-18-8-4-3-7-16(18)12-19-25-26-21(27(19)23)29-13-20(28)24-17-10-9-14-5-1-2-6-15(14)11-17/h1-11H,12-13,23H2,(H,24,28). The summed E-state index contributed by atoms with van der Waals surface area (Å²) in [5, 5.41) is 13.5. The predicted octanol–water partition coefficient (Wildman–Crippen LogP) is 3.61. The van der Waals surface area contributed by atoms with E-state index in [2.05, 4.69) is 15.5 Å². The number of hydrogen-bond donors (Lipinski definition) is 2. The van der Waals surface area contributed by atoms with Gasteiger partial charge in [-0.3, -0.25) is 4.79 Å². The minimum atomic E-state index is -0.320. The second-order valence-electron chi connectivity index (χ2n) is 6.44. The summed E-state index contributed by atoms with van der Waals surface area (Å²) in [6, 6.07) is 20.1. The molecule has 6 nitrogen and oxygen atoms in total. The third kappa shape index (κ3) is 4.38. The van der Waals surface area contributed by atoms with Crippen molar-refractivity contribution in [2.45, 2.75) is 11.6 Å². The number of carbonyl (C=O) groups excluding carboxylic acids is 1. The molecule has 0 aliphatic rings. The van der Waals surface area contributed by atoms with Gasteiger partial charge in [0, 0.05) is 12.1 Å². The minimum Gasteiger partial charge on any atom is -0.336 e. The molecule has 1 heterocycles. The fraction of sp³-hybridized carbons (Fsp3) is 0.0952. The fourth-order valence-corrected chi connectivity index (χ4v) is 3.61. The Morgan fingerprint density at radius 1 is 1.03 bits per heavy atom. The number of amides is 1. The van der Waals surface area contributed by atoms with Crippen molar-refractivity contribution in [2.75, 3.05) is 16.9 Å². The number of rotatable bonds is 6. The zero-order valence-corrected chi connectivity index (χ0v) is 16.2. The molecular weight excluding hydrogens is 389 g/mol. The van der Waals surface area contributed by atoms with Crippen LogP contribution in [0.4, 0.5) is 10.1 Å². The van der Waals surface area contributed by atoms with E-state index in [4.69, 9.17) is 5.84 Å². The van der Waals surface area contributed by atoms with E-state index >= 15 is 0 Å². The molecule has 4 aromatic rings. The smallest absolute Gasteiger partial charge is 0.234 e. The van der Waals surface area contributed by atoms with Crippen LogP contribution in [-0.4, -0.2) is 26.5 Å². The van der Waals surface area contributed by atoms with Crippen molar-refractivity contribution >= 4 is 34.1 Å². The maximum Gasteiger partial charge on any atom is 0.234 e. The van der Waals surface area contributed by atoms with Crippen molar-refractivity contribution in [3.8, 4) is 0 Å². The molecule has 146 valence electrons. The van der Waals surface area contributed by atoms with Crippen molar-refractivity contribution < 1.29 is 9.18 Å². The van der Waals surface area contributed by atoms with Gasteiger partial charge in [-0.1, -0.05) is 60.3 Å². The molecule has 29 heavy (non-hydrogen) atoms. The number of thioether (sulfide) groups is 1. The third-order valence-electron chi connectivity index (χ3n) is 4.41. The second-order valence-corrected chi connectivity index (χ2v) is 7.38. The van der Waals surface area contributed by atoms with Crippen LogP contribution in [0.2, 0.25) is 0 Å². The molecule has 0 aliphatic heterocycles. The molecule has 0 atom stereocenters. The Morgan fingerprint density at radius 3 is 2.62 bits per heavy atom. The molecule has 0 radical (unpaired) electrons. The fourth-order valence-electron chi connectivity index (χ4n) is 2.93. The topological polar surface area (TPSA) is 85.8 Å². The first kappa shape index (κ1) is 18.9. The van der Waals surface area contributed by atoms with Crippen molar-refractivity contribution in [1.29, 1.82) is 0 Å². The monoisotopic (exact) mass is 407 g/mol. The summed E-state index contributed by atoms with van der Waals surface area (Å²) in [5.74, 6) is 6.07. The van der Waals surface area contributed by atoms with E-state index in [1.807, 2.05) is 42.5 Å². The van der Waals surface area contributed by atoms with Crippen molar-refractivity contribution in [3.63, 3.8) is 0 Å². The summed E-state index contributed by atoms with van der Waals surface area (Å²) in [4.78, 5) is 12.3. The highest BCUT2D eigenvalue weighted by Crippen LogP contribution is 2.20. The van der Waals surface area contributed by atoms with Crippen LogP contribution < -0.4 is 11.2 Å². The normalized spacial score (nSPS) is 10.9. The predicted molar refractivity (Wildman–Crippen MR) is 113 cm³/mol. The highest BCUT2D eigenvalue weighted by atomic mass is 32.2. The lowest BCUT2D eigenvalue weighted by molar-refractivity contribution is -0.113. The highest BCUT2D eigenvalue weighted by molar-refractivity contribution is 7.99. The van der Waals surface area contributed by atoms with Gasteiger partial charge in [0.05, 0.1) is 5.75 Å². The van der Waals surface area contributed by atoms with Gasteiger partial charge in [-0.25, -0.2) is 9.07 Å². The first-order chi connectivity index (χ1) is 14.1. The minimum absolute atomic E-state index is 0.127. The van der Waals surface area contributed by atoms with Crippen LogP contribution in [0, 0.1) is 5.82 Å². The molecule has 0 saturated heterocycles. The molecule has 4 rings (SSSR count). The van der Waals surface area contributed by atoms with E-state index in [0.29, 0.717) is 16.5 Å². The van der Waals surface area contributed by atoms with Gasteiger partial charge < -0.3 is 11.2 Å². The Balaban J connectivity index is 1.38. The maximum atomic E-state index is 13.8. The van der Waals surface area contributed by atoms with Gasteiger partial charge >= 0.3 is 0 Å². The summed E-state index contributed by atoms with van der Waals surface area (Å²) >= 11 is 1.17. The number of carbonyl (C=O) groups is 1. The van der Waals surface area contributed by atoms with E-state index in [0.717, 1.165) is 16.5 Å². The van der Waals surface area contributed by atoms with E-state index < -0.39 is 0 Å². The van der Waals surface area contributed by atoms with Crippen molar-refractivity contribution in [2.24, 2.45) is 0 Å². The van der Waals surface area contributed by atoms with Gasteiger partial charge in [-0.2, -0.15) is 0 Å². The number of halogens is 1. The van der Waals surface area contributed by atoms with Crippen LogP contribution in [0.3, 0.4) is 0 Å². The number of nitrogens with two attached hydrogens (primary N) is 1. The number of hydrogen-bond acceptors (Lipinski definition) is 5. The van der Waals surface area contributed by atoms with Gasteiger partial charge in [0.1, 0.15) is 5.82 Å². The Kier molecular flexibility index (Phi) is 5.44. The maximum absolute atomic E-state index is 13.8. The number of nitrogens with zero attached hydrogens (tertiary/aromatic N) is 3. The quantitative estimate of drug-likeness (QED) is 0.377. The lowest BCUT2D eigenvalue weighted by atomic mass is 10.1. The van der Waals surface area contributed by atoms with E-state index in [-0.39, 0.29) is 23.9 Å². The van der Waals surface area contributed by atoms with Crippen LogP contribution in [0.15, 0.2) is 71.9 Å². The van der Waals surface area contributed by atoms with E-state index in [9.17, 15) is 9.18 Å². The van der Waals surface area contributed by atoms with Gasteiger partial charge in [0.2, 0.25) is 11.1 Å². The Hall–Kier alpha value is -3.39. The first-order valence-corrected chi connectivity index (χ1v) is 9.93. The van der Waals surface area contributed by atoms with E-state index in [1.54, 1.807) is 18.2 Å². The van der Waals surface area contributed by atoms with Crippen LogP contribution in [-0.2, 0) is 11.2 Å². The number of nitrogen functional groups attached to an aromatic ring is 1. The Labute approximate surface area is 170 Å². The number of nitrogens with one attached hydrogen (secondary N) is 1. The molecule has 1 aromatic heterocycles. The summed E-state index contributed by atoms with van der Waals surface area (Å²) in [7, 11) is 0. The van der Waals surface area contributed by atoms with Crippen molar-refractivity contribution in [1.82, 2.24) is 14.9 Å². The average molecular weight is 407 g/mol. The third-order valence-corrected chi connectivity index (χ3v) is 5.35. The number of anilines is 1. The highest BCUT2D eigenvalue weighted by Gasteiger charge is 2.14. The van der Waals surface area contributed by atoms with Crippen LogP contribution in [0.25, 0.3) is 10.8 Å². The SMILES string of the molecule is Nn1c(Cc2ccccc2F)nnc1SCC(=O)Nc1ccc2ccccc2c1. The van der Waals surface area contributed by atoms with Gasteiger partial charge in [0.15, 0.2) is 5.82 Å². The first-order valence-electron chi connectivity index (χ1n) is 8.94. The van der Waals surface area contributed by atoms with Gasteiger partial charge in [0.25, 0.3) is 0 Å². The summed E-state index contributed by atoms with van der Waals surface area (Å²) in [6.07, 6.45) is 0.222. The zero-order valence-electron chi connectivity index (χ0n) is 15.4. The number of benzene rings is 3. The lowest BCUT2D eigenvalue weighted by Crippen LogP contribution is -2.17. The number of aromatic nitrogens is 3. The molecule has 0 fully saturated rings. The molecule has 3 aromatic carbocycles. The summed E-state index contributed by atoms with van der Waals surface area (Å²) in [5.41, 5.74) is 1.21. The van der Waals surface area contributed by atoms with Crippen LogP contribution in [0.1, 0.15) is 11.4 Å². The summed E-state index contributed by atoms with van der Waals surface area (Å²) < 4.78 is 15.1. The Bertz CT molecular complexity index is 1180. The average Bonchev–Trinajstić information content (AvgIpc) is 3.07. The van der Waals surface area contributed by atoms with Crippen LogP contribution >= 0.6 is 11.8 Å². The zero-order chi connectivity index (χ0) is 20.2. The van der Waals surface area contributed by atoms with Crippen molar-refractivity contribution in [3.05, 3.63) is 83.9 Å². The largest absolute Gasteiger partial charge is 0.336 e. The molecular formula is C21H18FN5OS. The van der Waals surface area contributed by atoms with E-state index in [1.165, 1.54) is 22.5 Å². The molecule has 0 aliphatic carbocycles. The van der Waals surface area contributed by atoms with Crippen LogP contribution in [0.5, 0.6) is 0 Å². The van der Waals surface area contributed by atoms with Gasteiger partial charge in [-0.15, -0.1) is 10.2 Å². The number of fused-ring (bicyclic) bond motifs is 1. The molecule has 0 spiro atoms.